The first kappa shape index (κ1) is 12.3. The van der Waals surface area contributed by atoms with Gasteiger partial charge in [0, 0.05) is 35.2 Å². The molecule has 3 heteroatoms. The lowest BCUT2D eigenvalue weighted by Gasteiger charge is -2.22. The zero-order valence-corrected chi connectivity index (χ0v) is 11.4. The molecule has 0 bridgehead atoms. The van der Waals surface area contributed by atoms with E-state index < -0.39 is 0 Å². The molecule has 1 aliphatic carbocycles. The summed E-state index contributed by atoms with van der Waals surface area (Å²) in [6, 6.07) is 8.42. The van der Waals surface area contributed by atoms with Crippen LogP contribution in [-0.4, -0.2) is 28.4 Å². The maximum atomic E-state index is 12.6. The van der Waals surface area contributed by atoms with Crippen LogP contribution >= 0.6 is 0 Å². The summed E-state index contributed by atoms with van der Waals surface area (Å²) in [4.78, 5) is 17.8. The highest BCUT2D eigenvalue weighted by molar-refractivity contribution is 5.98. The highest BCUT2D eigenvalue weighted by atomic mass is 16.2. The van der Waals surface area contributed by atoms with E-state index in [1.54, 1.807) is 0 Å². The second-order valence-electron chi connectivity index (χ2n) is 5.36. The fourth-order valence-electron chi connectivity index (χ4n) is 2.52. The van der Waals surface area contributed by atoms with Crippen LogP contribution in [0.5, 0.6) is 0 Å². The van der Waals surface area contributed by atoms with E-state index in [0.717, 1.165) is 35.9 Å². The van der Waals surface area contributed by atoms with Crippen molar-refractivity contribution in [1.29, 1.82) is 0 Å². The molecular weight excluding hydrogens is 236 g/mol. The Bertz CT molecular complexity index is 583. The van der Waals surface area contributed by atoms with Crippen molar-refractivity contribution in [1.82, 2.24) is 9.88 Å². The molecule has 1 N–H and O–H groups in total. The Hall–Kier alpha value is -1.77. The van der Waals surface area contributed by atoms with Gasteiger partial charge in [-0.3, -0.25) is 4.79 Å². The SMILES string of the molecule is CCCCN(C(=O)c1ccc2[nH]ccc2c1)C1CC1. The van der Waals surface area contributed by atoms with E-state index >= 15 is 0 Å². The summed E-state index contributed by atoms with van der Waals surface area (Å²) in [5, 5.41) is 1.11. The number of hydrogen-bond acceptors (Lipinski definition) is 1. The van der Waals surface area contributed by atoms with Crippen LogP contribution in [0.4, 0.5) is 0 Å². The van der Waals surface area contributed by atoms with Gasteiger partial charge in [-0.1, -0.05) is 13.3 Å². The maximum Gasteiger partial charge on any atom is 0.254 e. The van der Waals surface area contributed by atoms with Gasteiger partial charge in [0.15, 0.2) is 0 Å². The zero-order chi connectivity index (χ0) is 13.2. The molecule has 0 radical (unpaired) electrons. The summed E-state index contributed by atoms with van der Waals surface area (Å²) >= 11 is 0. The van der Waals surface area contributed by atoms with Gasteiger partial charge in [-0.05, 0) is 43.5 Å². The summed E-state index contributed by atoms with van der Waals surface area (Å²) < 4.78 is 0. The molecular formula is C16H20N2O. The number of carbonyl (C=O) groups excluding carboxylic acids is 1. The molecule has 0 atom stereocenters. The lowest BCUT2D eigenvalue weighted by atomic mass is 10.1. The first-order chi connectivity index (χ1) is 9.29. The van der Waals surface area contributed by atoms with Gasteiger partial charge in [0.25, 0.3) is 5.91 Å². The highest BCUT2D eigenvalue weighted by Gasteiger charge is 2.32. The minimum Gasteiger partial charge on any atom is -0.361 e. The van der Waals surface area contributed by atoms with Crippen molar-refractivity contribution in [2.45, 2.75) is 38.6 Å². The largest absolute Gasteiger partial charge is 0.361 e. The molecule has 3 rings (SSSR count). The molecule has 0 spiro atoms. The van der Waals surface area contributed by atoms with E-state index in [1.165, 1.54) is 12.8 Å². The van der Waals surface area contributed by atoms with Crippen molar-refractivity contribution in [3.8, 4) is 0 Å². The van der Waals surface area contributed by atoms with Crippen molar-refractivity contribution >= 4 is 16.8 Å². The smallest absolute Gasteiger partial charge is 0.254 e. The van der Waals surface area contributed by atoms with Gasteiger partial charge >= 0.3 is 0 Å². The normalized spacial score (nSPS) is 14.8. The quantitative estimate of drug-likeness (QED) is 0.872. The molecule has 0 aliphatic heterocycles. The average molecular weight is 256 g/mol. The second kappa shape index (κ2) is 5.08. The van der Waals surface area contributed by atoms with Crippen LogP contribution in [0.25, 0.3) is 10.9 Å². The van der Waals surface area contributed by atoms with Crippen molar-refractivity contribution in [3.63, 3.8) is 0 Å². The van der Waals surface area contributed by atoms with Gasteiger partial charge in [0.05, 0.1) is 0 Å². The molecule has 3 nitrogen and oxygen atoms in total. The van der Waals surface area contributed by atoms with Gasteiger partial charge < -0.3 is 9.88 Å². The molecule has 1 amide bonds. The summed E-state index contributed by atoms with van der Waals surface area (Å²) in [5.74, 6) is 0.194. The van der Waals surface area contributed by atoms with Gasteiger partial charge in [-0.2, -0.15) is 0 Å². The number of benzene rings is 1. The molecule has 1 aromatic heterocycles. The van der Waals surface area contributed by atoms with E-state index in [-0.39, 0.29) is 5.91 Å². The number of carbonyl (C=O) groups is 1. The Morgan fingerprint density at radius 3 is 2.95 bits per heavy atom. The van der Waals surface area contributed by atoms with Crippen molar-refractivity contribution in [3.05, 3.63) is 36.0 Å². The predicted octanol–water partition coefficient (Wildman–Crippen LogP) is 3.57. The van der Waals surface area contributed by atoms with Crippen molar-refractivity contribution in [2.75, 3.05) is 6.54 Å². The number of aromatic nitrogens is 1. The summed E-state index contributed by atoms with van der Waals surface area (Å²) in [6.07, 6.45) is 6.47. The first-order valence-corrected chi connectivity index (χ1v) is 7.17. The molecule has 1 saturated carbocycles. The predicted molar refractivity (Wildman–Crippen MR) is 77.3 cm³/mol. The van der Waals surface area contributed by atoms with Crippen LogP contribution < -0.4 is 0 Å². The number of rotatable bonds is 5. The number of unbranched alkanes of at least 4 members (excludes halogenated alkanes) is 1. The minimum absolute atomic E-state index is 0.194. The Kier molecular flexibility index (Phi) is 3.28. The van der Waals surface area contributed by atoms with Crippen molar-refractivity contribution in [2.24, 2.45) is 0 Å². The minimum atomic E-state index is 0.194. The summed E-state index contributed by atoms with van der Waals surface area (Å²) in [5.41, 5.74) is 1.90. The molecule has 19 heavy (non-hydrogen) atoms. The standard InChI is InChI=1S/C16H20N2O/c1-2-3-10-18(14-5-6-14)16(19)13-4-7-15-12(11-13)8-9-17-15/h4,7-9,11,14,17H,2-3,5-6,10H2,1H3. The lowest BCUT2D eigenvalue weighted by Crippen LogP contribution is -2.33. The fourth-order valence-corrected chi connectivity index (χ4v) is 2.52. The molecule has 0 unspecified atom stereocenters. The number of nitrogens with zero attached hydrogens (tertiary/aromatic N) is 1. The molecule has 1 aliphatic rings. The number of fused-ring (bicyclic) bond motifs is 1. The number of amides is 1. The molecule has 1 fully saturated rings. The van der Waals surface area contributed by atoms with Crippen LogP contribution in [0.1, 0.15) is 43.0 Å². The molecule has 0 saturated heterocycles. The van der Waals surface area contributed by atoms with E-state index in [0.29, 0.717) is 6.04 Å². The number of H-pyrrole nitrogens is 1. The van der Waals surface area contributed by atoms with Crippen LogP contribution in [0.3, 0.4) is 0 Å². The van der Waals surface area contributed by atoms with Crippen LogP contribution in [0.15, 0.2) is 30.5 Å². The van der Waals surface area contributed by atoms with Crippen molar-refractivity contribution < 1.29 is 4.79 Å². The van der Waals surface area contributed by atoms with Gasteiger partial charge in [0.1, 0.15) is 0 Å². The lowest BCUT2D eigenvalue weighted by molar-refractivity contribution is 0.0741. The number of nitrogens with one attached hydrogen (secondary N) is 1. The van der Waals surface area contributed by atoms with Crippen LogP contribution in [0.2, 0.25) is 0 Å². The molecule has 1 aromatic carbocycles. The summed E-state index contributed by atoms with van der Waals surface area (Å²) in [6.45, 7) is 3.06. The van der Waals surface area contributed by atoms with Crippen LogP contribution in [0, 0.1) is 0 Å². The Balaban J connectivity index is 1.83. The topological polar surface area (TPSA) is 36.1 Å². The van der Waals surface area contributed by atoms with E-state index in [1.807, 2.05) is 30.5 Å². The molecule has 100 valence electrons. The zero-order valence-electron chi connectivity index (χ0n) is 11.4. The fraction of sp³-hybridized carbons (Fsp3) is 0.438. The Morgan fingerprint density at radius 1 is 1.37 bits per heavy atom. The number of aromatic amines is 1. The van der Waals surface area contributed by atoms with Gasteiger partial charge in [-0.15, -0.1) is 0 Å². The Morgan fingerprint density at radius 2 is 2.21 bits per heavy atom. The molecule has 1 heterocycles. The first-order valence-electron chi connectivity index (χ1n) is 7.17. The van der Waals surface area contributed by atoms with E-state index in [4.69, 9.17) is 0 Å². The number of hydrogen-bond donors (Lipinski definition) is 1. The van der Waals surface area contributed by atoms with Crippen LogP contribution in [-0.2, 0) is 0 Å². The van der Waals surface area contributed by atoms with Gasteiger partial charge in [-0.25, -0.2) is 0 Å². The third-order valence-corrected chi connectivity index (χ3v) is 3.80. The highest BCUT2D eigenvalue weighted by Crippen LogP contribution is 2.29. The second-order valence-corrected chi connectivity index (χ2v) is 5.36. The van der Waals surface area contributed by atoms with E-state index in [9.17, 15) is 4.79 Å². The average Bonchev–Trinajstić information content (AvgIpc) is 3.15. The third-order valence-electron chi connectivity index (χ3n) is 3.80. The summed E-state index contributed by atoms with van der Waals surface area (Å²) in [7, 11) is 0. The monoisotopic (exact) mass is 256 g/mol. The third kappa shape index (κ3) is 2.50. The Labute approximate surface area is 113 Å². The molecule has 2 aromatic rings. The maximum absolute atomic E-state index is 12.6. The van der Waals surface area contributed by atoms with E-state index in [2.05, 4.69) is 16.8 Å². The van der Waals surface area contributed by atoms with Gasteiger partial charge in [0.2, 0.25) is 0 Å².